The first kappa shape index (κ1) is 8.67. The molecule has 0 saturated carbocycles. The average Bonchev–Trinajstić information content (AvgIpc) is 1.84. The fraction of sp³-hybridized carbons (Fsp3) is 0.875. The van der Waals surface area contributed by atoms with Crippen LogP contribution in [-0.2, 0) is 0 Å². The van der Waals surface area contributed by atoms with E-state index in [1.54, 1.807) is 0 Å². The molecule has 0 aromatic carbocycles. The zero-order valence-corrected chi connectivity index (χ0v) is 7.23. The molecule has 0 saturated heterocycles. The highest BCUT2D eigenvalue weighted by Crippen LogP contribution is 2.01. The summed E-state index contributed by atoms with van der Waals surface area (Å²) in [7, 11) is 4.20. The molecule has 0 aliphatic heterocycles. The second-order valence-electron chi connectivity index (χ2n) is 2.85. The summed E-state index contributed by atoms with van der Waals surface area (Å²) in [6.07, 6.45) is 1.24. The van der Waals surface area contributed by atoms with Gasteiger partial charge in [0.2, 0.25) is 0 Å². The largest absolute Gasteiger partial charge is 0.242 e. The Bertz CT molecular complexity index is 110. The molecular formula is C8H18N+. The summed E-state index contributed by atoms with van der Waals surface area (Å²) >= 11 is 0. The fourth-order valence-electron chi connectivity index (χ4n) is 0.736. The number of hydrogen-bond donors (Lipinski definition) is 0. The van der Waals surface area contributed by atoms with Crippen LogP contribution in [0, 0.1) is 5.92 Å². The molecule has 1 unspecified atom stereocenters. The number of hydrogen-bond acceptors (Lipinski definition) is 0. The first-order valence-corrected chi connectivity index (χ1v) is 3.60. The number of rotatable bonds is 2. The smallest absolute Gasteiger partial charge is 0.151 e. The van der Waals surface area contributed by atoms with Gasteiger partial charge in [0.25, 0.3) is 0 Å². The quantitative estimate of drug-likeness (QED) is 0.394. The van der Waals surface area contributed by atoms with Gasteiger partial charge in [-0.3, -0.25) is 0 Å². The van der Waals surface area contributed by atoms with Gasteiger partial charge in [0.15, 0.2) is 5.71 Å². The van der Waals surface area contributed by atoms with Crippen molar-refractivity contribution in [2.45, 2.75) is 27.2 Å². The van der Waals surface area contributed by atoms with Crippen molar-refractivity contribution in [3.8, 4) is 0 Å². The van der Waals surface area contributed by atoms with Gasteiger partial charge in [0.1, 0.15) is 14.1 Å². The molecule has 1 atom stereocenters. The van der Waals surface area contributed by atoms with Crippen molar-refractivity contribution in [3.05, 3.63) is 0 Å². The molecule has 0 bridgehead atoms. The summed E-state index contributed by atoms with van der Waals surface area (Å²) in [5, 5.41) is 0. The van der Waals surface area contributed by atoms with E-state index < -0.39 is 0 Å². The van der Waals surface area contributed by atoms with Gasteiger partial charge in [-0.2, -0.15) is 0 Å². The van der Waals surface area contributed by atoms with Gasteiger partial charge < -0.3 is 0 Å². The van der Waals surface area contributed by atoms with Crippen LogP contribution in [0.2, 0.25) is 0 Å². The van der Waals surface area contributed by atoms with E-state index in [4.69, 9.17) is 0 Å². The highest BCUT2D eigenvalue weighted by atomic mass is 14.9. The molecule has 0 spiro atoms. The predicted octanol–water partition coefficient (Wildman–Crippen LogP) is 1.77. The lowest BCUT2D eigenvalue weighted by atomic mass is 10.0. The summed E-state index contributed by atoms with van der Waals surface area (Å²) in [5.41, 5.74) is 1.47. The molecule has 0 aliphatic carbocycles. The van der Waals surface area contributed by atoms with Crippen LogP contribution in [0.3, 0.4) is 0 Å². The van der Waals surface area contributed by atoms with Gasteiger partial charge in [0, 0.05) is 12.8 Å². The van der Waals surface area contributed by atoms with E-state index in [1.165, 1.54) is 12.1 Å². The predicted molar refractivity (Wildman–Crippen MR) is 42.2 cm³/mol. The molecule has 0 amide bonds. The third-order valence-electron chi connectivity index (χ3n) is 2.03. The van der Waals surface area contributed by atoms with E-state index >= 15 is 0 Å². The normalized spacial score (nSPS) is 13.0. The molecule has 0 rings (SSSR count). The molecule has 0 fully saturated rings. The van der Waals surface area contributed by atoms with E-state index in [0.717, 1.165) is 5.92 Å². The third kappa shape index (κ3) is 2.64. The Balaban J connectivity index is 4.02. The summed E-state index contributed by atoms with van der Waals surface area (Å²) in [6, 6.07) is 0. The van der Waals surface area contributed by atoms with E-state index in [1.807, 2.05) is 0 Å². The molecule has 0 aromatic heterocycles. The highest BCUT2D eigenvalue weighted by molar-refractivity contribution is 5.78. The van der Waals surface area contributed by atoms with Crippen LogP contribution in [0.1, 0.15) is 27.2 Å². The van der Waals surface area contributed by atoms with Crippen LogP contribution < -0.4 is 0 Å². The van der Waals surface area contributed by atoms with Crippen molar-refractivity contribution in [1.82, 2.24) is 0 Å². The lowest BCUT2D eigenvalue weighted by Gasteiger charge is -2.03. The van der Waals surface area contributed by atoms with E-state index in [9.17, 15) is 0 Å². The van der Waals surface area contributed by atoms with Gasteiger partial charge in [-0.15, -0.1) is 0 Å². The number of nitrogens with zero attached hydrogens (tertiary/aromatic N) is 1. The van der Waals surface area contributed by atoms with Crippen LogP contribution in [0.25, 0.3) is 0 Å². The highest BCUT2D eigenvalue weighted by Gasteiger charge is 2.08. The lowest BCUT2D eigenvalue weighted by Crippen LogP contribution is -2.16. The maximum atomic E-state index is 2.26. The molecule has 54 valence electrons. The molecule has 9 heavy (non-hydrogen) atoms. The van der Waals surface area contributed by atoms with E-state index in [-0.39, 0.29) is 0 Å². The van der Waals surface area contributed by atoms with Crippen LogP contribution in [0.5, 0.6) is 0 Å². The molecule has 0 aromatic rings. The van der Waals surface area contributed by atoms with Crippen molar-refractivity contribution in [2.24, 2.45) is 5.92 Å². The van der Waals surface area contributed by atoms with Crippen molar-refractivity contribution in [3.63, 3.8) is 0 Å². The van der Waals surface area contributed by atoms with Gasteiger partial charge in [-0.05, 0) is 6.42 Å². The molecule has 0 heterocycles. The molecule has 1 nitrogen and oxygen atoms in total. The molecular weight excluding hydrogens is 110 g/mol. The van der Waals surface area contributed by atoms with Crippen LogP contribution in [-0.4, -0.2) is 24.4 Å². The fourth-order valence-corrected chi connectivity index (χ4v) is 0.736. The second kappa shape index (κ2) is 3.65. The maximum absolute atomic E-state index is 2.26. The standard InChI is InChI=1S/C8H18N/c1-6-7(2)8(3)9(4)5/h7H,6H2,1-5H3/q+1. The second-order valence-corrected chi connectivity index (χ2v) is 2.85. The minimum atomic E-state index is 0.736. The Morgan fingerprint density at radius 3 is 2.00 bits per heavy atom. The summed E-state index contributed by atoms with van der Waals surface area (Å²) in [5.74, 6) is 0.736. The Kier molecular flexibility index (Phi) is 3.52. The lowest BCUT2D eigenvalue weighted by molar-refractivity contribution is -0.467. The van der Waals surface area contributed by atoms with Crippen molar-refractivity contribution < 1.29 is 4.58 Å². The molecule has 0 radical (unpaired) electrons. The third-order valence-corrected chi connectivity index (χ3v) is 2.03. The first-order chi connectivity index (χ1) is 4.09. The van der Waals surface area contributed by atoms with Gasteiger partial charge in [0.05, 0.1) is 0 Å². The summed E-state index contributed by atoms with van der Waals surface area (Å²) < 4.78 is 2.19. The minimum Gasteiger partial charge on any atom is -0.242 e. The average molecular weight is 128 g/mol. The first-order valence-electron chi connectivity index (χ1n) is 3.60. The summed E-state index contributed by atoms with van der Waals surface area (Å²) in [4.78, 5) is 0. The Hall–Kier alpha value is -0.330. The van der Waals surface area contributed by atoms with Gasteiger partial charge >= 0.3 is 0 Å². The zero-order chi connectivity index (χ0) is 7.44. The van der Waals surface area contributed by atoms with E-state index in [2.05, 4.69) is 39.4 Å². The SMILES string of the molecule is CCC(C)C(C)=[N+](C)C. The molecule has 0 aliphatic rings. The van der Waals surface area contributed by atoms with Crippen molar-refractivity contribution >= 4 is 5.71 Å². The zero-order valence-electron chi connectivity index (χ0n) is 7.23. The molecule has 1 heteroatoms. The molecule has 0 N–H and O–H groups in total. The van der Waals surface area contributed by atoms with Crippen molar-refractivity contribution in [1.29, 1.82) is 0 Å². The van der Waals surface area contributed by atoms with Crippen LogP contribution >= 0.6 is 0 Å². The summed E-state index contributed by atoms with van der Waals surface area (Å²) in [6.45, 7) is 6.67. The topological polar surface area (TPSA) is 3.01 Å². The van der Waals surface area contributed by atoms with Gasteiger partial charge in [-0.25, -0.2) is 4.58 Å². The van der Waals surface area contributed by atoms with Gasteiger partial charge in [-0.1, -0.05) is 13.8 Å². The Labute approximate surface area is 58.4 Å². The maximum Gasteiger partial charge on any atom is 0.151 e. The van der Waals surface area contributed by atoms with Crippen LogP contribution in [0.4, 0.5) is 0 Å². The Morgan fingerprint density at radius 1 is 1.44 bits per heavy atom. The van der Waals surface area contributed by atoms with Crippen LogP contribution in [0.15, 0.2) is 0 Å². The van der Waals surface area contributed by atoms with Crippen molar-refractivity contribution in [2.75, 3.05) is 14.1 Å². The van der Waals surface area contributed by atoms with E-state index in [0.29, 0.717) is 0 Å². The Morgan fingerprint density at radius 2 is 1.89 bits per heavy atom. The monoisotopic (exact) mass is 128 g/mol. The minimum absolute atomic E-state index is 0.736.